The van der Waals surface area contributed by atoms with Crippen LogP contribution in [0.2, 0.25) is 0 Å². The number of aliphatic carboxylic acids is 1. The summed E-state index contributed by atoms with van der Waals surface area (Å²) in [5, 5.41) is 15.8. The van der Waals surface area contributed by atoms with Gasteiger partial charge in [0.05, 0.1) is 6.04 Å². The van der Waals surface area contributed by atoms with Gasteiger partial charge in [0.1, 0.15) is 18.1 Å². The molecule has 0 spiro atoms. The third kappa shape index (κ3) is 7.24. The zero-order valence-electron chi connectivity index (χ0n) is 20.7. The van der Waals surface area contributed by atoms with Crippen LogP contribution in [0.3, 0.4) is 0 Å². The minimum atomic E-state index is -1.08. The molecular weight excluding hydrogens is 496 g/mol. The standard InChI is InChI=1S/C25H36N6O5S/c26-10-4-3-7-17(27)22(32)29-19(12-15-13-28-18-8-2-1-6-16(15)18)23(33)30-20(14-37)24(34)31-11-5-9-21(31)25(35)36/h1-2,6,8,13,17,19-21,28,37H,3-5,7,9-12,14,26-27H2,(H,29,32)(H,30,33)(H,35,36). The highest BCUT2D eigenvalue weighted by Crippen LogP contribution is 2.21. The van der Waals surface area contributed by atoms with Crippen molar-refractivity contribution >= 4 is 47.2 Å². The van der Waals surface area contributed by atoms with Crippen molar-refractivity contribution < 1.29 is 24.3 Å². The van der Waals surface area contributed by atoms with E-state index in [0.29, 0.717) is 38.8 Å². The summed E-state index contributed by atoms with van der Waals surface area (Å²) in [6.07, 6.45) is 4.70. The van der Waals surface area contributed by atoms with Crippen LogP contribution in [0, 0.1) is 0 Å². The number of hydrogen-bond donors (Lipinski definition) is 7. The molecule has 2 heterocycles. The molecule has 1 saturated heterocycles. The van der Waals surface area contributed by atoms with E-state index in [2.05, 4.69) is 28.2 Å². The predicted octanol–water partition coefficient (Wildman–Crippen LogP) is 0.142. The van der Waals surface area contributed by atoms with Crippen LogP contribution in [0.4, 0.5) is 0 Å². The van der Waals surface area contributed by atoms with Crippen molar-refractivity contribution in [3.05, 3.63) is 36.0 Å². The minimum Gasteiger partial charge on any atom is -0.480 e. The third-order valence-corrected chi connectivity index (χ3v) is 7.02. The molecule has 1 aromatic heterocycles. The van der Waals surface area contributed by atoms with E-state index in [-0.39, 0.29) is 12.2 Å². The Morgan fingerprint density at radius 2 is 1.86 bits per heavy atom. The molecule has 0 bridgehead atoms. The van der Waals surface area contributed by atoms with Crippen LogP contribution in [0.25, 0.3) is 10.9 Å². The number of carboxylic acids is 1. The van der Waals surface area contributed by atoms with Crippen molar-refractivity contribution in [2.75, 3.05) is 18.8 Å². The number of carbonyl (C=O) groups is 4. The highest BCUT2D eigenvalue weighted by Gasteiger charge is 2.38. The van der Waals surface area contributed by atoms with E-state index in [1.54, 1.807) is 6.20 Å². The second kappa shape index (κ2) is 13.5. The first kappa shape index (κ1) is 28.5. The lowest BCUT2D eigenvalue weighted by atomic mass is 10.0. The molecule has 202 valence electrons. The number of para-hydroxylation sites is 1. The number of aromatic amines is 1. The number of rotatable bonds is 13. The van der Waals surface area contributed by atoms with Crippen LogP contribution < -0.4 is 22.1 Å². The minimum absolute atomic E-state index is 0.0280. The Bertz CT molecular complexity index is 1110. The molecule has 3 amide bonds. The average molecular weight is 533 g/mol. The lowest BCUT2D eigenvalue weighted by Gasteiger charge is -2.28. The fraction of sp³-hybridized carbons (Fsp3) is 0.520. The summed E-state index contributed by atoms with van der Waals surface area (Å²) in [5.41, 5.74) is 13.3. The van der Waals surface area contributed by atoms with Gasteiger partial charge in [0, 0.05) is 35.8 Å². The molecule has 8 N–H and O–H groups in total. The predicted molar refractivity (Wildman–Crippen MR) is 143 cm³/mol. The van der Waals surface area contributed by atoms with Gasteiger partial charge in [0.25, 0.3) is 0 Å². The highest BCUT2D eigenvalue weighted by atomic mass is 32.1. The molecule has 1 aliphatic rings. The Kier molecular flexibility index (Phi) is 10.4. The van der Waals surface area contributed by atoms with Crippen LogP contribution in [0.1, 0.15) is 37.7 Å². The number of fused-ring (bicyclic) bond motifs is 1. The SMILES string of the molecule is NCCCCC(N)C(=O)NC(Cc1c[nH]c2ccccc12)C(=O)NC(CS)C(=O)N1CCCC1C(=O)O. The van der Waals surface area contributed by atoms with E-state index in [9.17, 15) is 24.3 Å². The fourth-order valence-corrected chi connectivity index (χ4v) is 4.84. The van der Waals surface area contributed by atoms with Gasteiger partial charge in [-0.25, -0.2) is 4.79 Å². The van der Waals surface area contributed by atoms with Crippen molar-refractivity contribution in [2.24, 2.45) is 11.5 Å². The summed E-state index contributed by atoms with van der Waals surface area (Å²) in [6.45, 7) is 0.794. The number of likely N-dealkylation sites (tertiary alicyclic amines) is 1. The lowest BCUT2D eigenvalue weighted by Crippen LogP contribution is -2.58. The fourth-order valence-electron chi connectivity index (χ4n) is 4.59. The molecule has 0 saturated carbocycles. The van der Waals surface area contributed by atoms with Crippen molar-refractivity contribution in [1.82, 2.24) is 20.5 Å². The van der Waals surface area contributed by atoms with Gasteiger partial charge in [-0.3, -0.25) is 14.4 Å². The number of amides is 3. The van der Waals surface area contributed by atoms with Gasteiger partial charge in [-0.05, 0) is 43.9 Å². The van der Waals surface area contributed by atoms with Gasteiger partial charge in [-0.15, -0.1) is 0 Å². The number of thiol groups is 1. The molecule has 11 nitrogen and oxygen atoms in total. The van der Waals surface area contributed by atoms with Crippen LogP contribution >= 0.6 is 12.6 Å². The number of hydrogen-bond acceptors (Lipinski definition) is 7. The number of nitrogens with two attached hydrogens (primary N) is 2. The van der Waals surface area contributed by atoms with Crippen molar-refractivity contribution in [3.8, 4) is 0 Å². The molecule has 3 rings (SSSR count). The maximum absolute atomic E-state index is 13.4. The Morgan fingerprint density at radius 3 is 2.57 bits per heavy atom. The van der Waals surface area contributed by atoms with Crippen molar-refractivity contribution in [2.45, 2.75) is 62.7 Å². The molecule has 12 heteroatoms. The Balaban J connectivity index is 1.77. The van der Waals surface area contributed by atoms with Gasteiger partial charge in [0.2, 0.25) is 17.7 Å². The Labute approximate surface area is 221 Å². The van der Waals surface area contributed by atoms with Gasteiger partial charge < -0.3 is 37.1 Å². The zero-order chi connectivity index (χ0) is 26.9. The summed E-state index contributed by atoms with van der Waals surface area (Å²) < 4.78 is 0. The topological polar surface area (TPSA) is 184 Å². The highest BCUT2D eigenvalue weighted by molar-refractivity contribution is 7.80. The van der Waals surface area contributed by atoms with E-state index in [1.165, 1.54) is 4.90 Å². The van der Waals surface area contributed by atoms with E-state index >= 15 is 0 Å². The molecule has 0 aliphatic carbocycles. The van der Waals surface area contributed by atoms with Crippen LogP contribution in [0.5, 0.6) is 0 Å². The number of H-pyrrole nitrogens is 1. The van der Waals surface area contributed by atoms with Gasteiger partial charge in [0.15, 0.2) is 0 Å². The second-order valence-electron chi connectivity index (χ2n) is 9.29. The largest absolute Gasteiger partial charge is 0.480 e. The van der Waals surface area contributed by atoms with Crippen LogP contribution in [-0.4, -0.2) is 81.7 Å². The van der Waals surface area contributed by atoms with Gasteiger partial charge in [-0.1, -0.05) is 24.6 Å². The molecule has 1 aliphatic heterocycles. The van der Waals surface area contributed by atoms with Crippen LogP contribution in [-0.2, 0) is 25.6 Å². The molecule has 4 unspecified atom stereocenters. The van der Waals surface area contributed by atoms with Crippen molar-refractivity contribution in [3.63, 3.8) is 0 Å². The average Bonchev–Trinajstić information content (AvgIpc) is 3.54. The second-order valence-corrected chi connectivity index (χ2v) is 9.65. The molecule has 2 aromatic rings. The number of carbonyl (C=O) groups excluding carboxylic acids is 3. The number of benzene rings is 1. The molecule has 1 aromatic carbocycles. The van der Waals surface area contributed by atoms with Gasteiger partial charge in [-0.2, -0.15) is 12.6 Å². The van der Waals surface area contributed by atoms with E-state index in [0.717, 1.165) is 22.9 Å². The number of nitrogens with zero attached hydrogens (tertiary/aromatic N) is 1. The van der Waals surface area contributed by atoms with Gasteiger partial charge >= 0.3 is 5.97 Å². The first-order valence-electron chi connectivity index (χ1n) is 12.5. The van der Waals surface area contributed by atoms with E-state index in [1.807, 2.05) is 24.3 Å². The molecular formula is C25H36N6O5S. The number of carboxylic acid groups (broad SMARTS) is 1. The maximum atomic E-state index is 13.4. The maximum Gasteiger partial charge on any atom is 0.326 e. The summed E-state index contributed by atoms with van der Waals surface area (Å²) in [4.78, 5) is 55.3. The quantitative estimate of drug-likeness (QED) is 0.141. The summed E-state index contributed by atoms with van der Waals surface area (Å²) in [7, 11) is 0. The van der Waals surface area contributed by atoms with E-state index < -0.39 is 47.9 Å². The Hall–Kier alpha value is -3.09. The Morgan fingerprint density at radius 1 is 1.14 bits per heavy atom. The van der Waals surface area contributed by atoms with E-state index in [4.69, 9.17) is 11.5 Å². The third-order valence-electron chi connectivity index (χ3n) is 6.66. The lowest BCUT2D eigenvalue weighted by molar-refractivity contribution is -0.149. The monoisotopic (exact) mass is 532 g/mol. The smallest absolute Gasteiger partial charge is 0.326 e. The number of unbranched alkanes of at least 4 members (excludes halogenated alkanes) is 1. The summed E-state index contributed by atoms with van der Waals surface area (Å²) in [6, 6.07) is 3.78. The van der Waals surface area contributed by atoms with Crippen LogP contribution in [0.15, 0.2) is 30.5 Å². The number of nitrogens with one attached hydrogen (secondary N) is 3. The summed E-state index contributed by atoms with van der Waals surface area (Å²) >= 11 is 4.23. The molecule has 37 heavy (non-hydrogen) atoms. The zero-order valence-corrected chi connectivity index (χ0v) is 21.6. The normalized spacial score (nSPS) is 17.8. The van der Waals surface area contributed by atoms with Crippen molar-refractivity contribution in [1.29, 1.82) is 0 Å². The first-order valence-corrected chi connectivity index (χ1v) is 13.2. The number of aromatic nitrogens is 1. The molecule has 0 radical (unpaired) electrons. The molecule has 4 atom stereocenters. The summed E-state index contributed by atoms with van der Waals surface area (Å²) in [5.74, 6) is -2.67. The molecule has 1 fully saturated rings. The first-order chi connectivity index (χ1) is 17.8.